The minimum atomic E-state index is -0.785. The van der Waals surface area contributed by atoms with Gasteiger partial charge in [0.05, 0.1) is 21.1 Å². The predicted octanol–water partition coefficient (Wildman–Crippen LogP) is 2.38. The molecular formula is C12H13BrFN3O. The molecule has 1 aromatic rings. The molecule has 96 valence electrons. The number of primary amides is 1. The first kappa shape index (κ1) is 14.5. The third kappa shape index (κ3) is 2.99. The van der Waals surface area contributed by atoms with Gasteiger partial charge in [-0.15, -0.1) is 0 Å². The van der Waals surface area contributed by atoms with E-state index < -0.39 is 17.1 Å². The van der Waals surface area contributed by atoms with E-state index in [2.05, 4.69) is 21.2 Å². The van der Waals surface area contributed by atoms with Gasteiger partial charge in [0.15, 0.2) is 5.82 Å². The Labute approximate surface area is 113 Å². The second-order valence-electron chi connectivity index (χ2n) is 4.50. The lowest BCUT2D eigenvalue weighted by atomic mass is 9.92. The molecule has 0 saturated heterocycles. The first-order chi connectivity index (χ1) is 8.29. The van der Waals surface area contributed by atoms with Crippen LogP contribution in [0, 0.1) is 22.6 Å². The summed E-state index contributed by atoms with van der Waals surface area (Å²) >= 11 is 3.01. The zero-order valence-electron chi connectivity index (χ0n) is 10.1. The Bertz CT molecular complexity index is 523. The van der Waals surface area contributed by atoms with Gasteiger partial charge in [-0.1, -0.05) is 0 Å². The van der Waals surface area contributed by atoms with Gasteiger partial charge in [0, 0.05) is 6.54 Å². The molecule has 0 aliphatic heterocycles. The first-order valence-electron chi connectivity index (χ1n) is 5.21. The van der Waals surface area contributed by atoms with Gasteiger partial charge in [-0.3, -0.25) is 4.79 Å². The van der Waals surface area contributed by atoms with Crippen molar-refractivity contribution < 1.29 is 9.18 Å². The molecule has 1 rings (SSSR count). The molecule has 3 N–H and O–H groups in total. The number of nitrogens with one attached hydrogen (secondary N) is 1. The summed E-state index contributed by atoms with van der Waals surface area (Å²) in [7, 11) is 0. The molecule has 0 bridgehead atoms. The van der Waals surface area contributed by atoms with Crippen LogP contribution in [0.3, 0.4) is 0 Å². The number of nitriles is 1. The number of halogens is 2. The monoisotopic (exact) mass is 313 g/mol. The quantitative estimate of drug-likeness (QED) is 0.895. The van der Waals surface area contributed by atoms with Gasteiger partial charge in [-0.2, -0.15) is 5.26 Å². The summed E-state index contributed by atoms with van der Waals surface area (Å²) in [6.45, 7) is 3.54. The standard InChI is InChI=1S/C12H13BrFN3O/c1-12(2,11(16)18)6-17-8-4-3-7(5-15)9(13)10(8)14/h3-4,17H,6H2,1-2H3,(H2,16,18). The van der Waals surface area contributed by atoms with Crippen LogP contribution < -0.4 is 11.1 Å². The largest absolute Gasteiger partial charge is 0.382 e. The van der Waals surface area contributed by atoms with Crippen molar-refractivity contribution in [3.8, 4) is 6.07 Å². The molecule has 0 saturated carbocycles. The highest BCUT2D eigenvalue weighted by Gasteiger charge is 2.25. The fourth-order valence-electron chi connectivity index (χ4n) is 1.18. The average Bonchev–Trinajstić information content (AvgIpc) is 2.31. The SMILES string of the molecule is CC(C)(CNc1ccc(C#N)c(Br)c1F)C(N)=O. The Morgan fingerprint density at radius 2 is 2.22 bits per heavy atom. The van der Waals surface area contributed by atoms with Crippen LogP contribution in [0.25, 0.3) is 0 Å². The topological polar surface area (TPSA) is 78.9 Å². The Kier molecular flexibility index (Phi) is 4.30. The zero-order valence-corrected chi connectivity index (χ0v) is 11.6. The number of benzene rings is 1. The van der Waals surface area contributed by atoms with Crippen molar-refractivity contribution >= 4 is 27.5 Å². The highest BCUT2D eigenvalue weighted by molar-refractivity contribution is 9.10. The van der Waals surface area contributed by atoms with Gasteiger partial charge in [-0.05, 0) is 41.9 Å². The van der Waals surface area contributed by atoms with Crippen molar-refractivity contribution in [1.82, 2.24) is 0 Å². The van der Waals surface area contributed by atoms with E-state index in [4.69, 9.17) is 11.0 Å². The molecule has 0 heterocycles. The first-order valence-corrected chi connectivity index (χ1v) is 6.01. The molecule has 1 aromatic carbocycles. The Morgan fingerprint density at radius 1 is 1.61 bits per heavy atom. The van der Waals surface area contributed by atoms with Crippen molar-refractivity contribution in [2.45, 2.75) is 13.8 Å². The van der Waals surface area contributed by atoms with E-state index in [9.17, 15) is 9.18 Å². The van der Waals surface area contributed by atoms with Gasteiger partial charge >= 0.3 is 0 Å². The summed E-state index contributed by atoms with van der Waals surface area (Å²) in [6, 6.07) is 4.81. The summed E-state index contributed by atoms with van der Waals surface area (Å²) < 4.78 is 14.0. The number of hydrogen-bond acceptors (Lipinski definition) is 3. The van der Waals surface area contributed by atoms with E-state index in [-0.39, 0.29) is 22.3 Å². The molecule has 0 aliphatic rings. The lowest BCUT2D eigenvalue weighted by Gasteiger charge is -2.21. The normalized spacial score (nSPS) is 10.8. The Hall–Kier alpha value is -1.61. The molecular weight excluding hydrogens is 301 g/mol. The number of anilines is 1. The fraction of sp³-hybridized carbons (Fsp3) is 0.333. The number of nitrogens with zero attached hydrogens (tertiary/aromatic N) is 1. The van der Waals surface area contributed by atoms with Gasteiger partial charge in [0.2, 0.25) is 5.91 Å². The van der Waals surface area contributed by atoms with Crippen molar-refractivity contribution in [2.24, 2.45) is 11.1 Å². The van der Waals surface area contributed by atoms with Crippen LogP contribution in [0.1, 0.15) is 19.4 Å². The van der Waals surface area contributed by atoms with E-state index >= 15 is 0 Å². The molecule has 0 aromatic heterocycles. The van der Waals surface area contributed by atoms with Crippen molar-refractivity contribution in [1.29, 1.82) is 5.26 Å². The molecule has 1 amide bonds. The summed E-state index contributed by atoms with van der Waals surface area (Å²) in [4.78, 5) is 11.1. The van der Waals surface area contributed by atoms with E-state index in [0.29, 0.717) is 0 Å². The lowest BCUT2D eigenvalue weighted by molar-refractivity contribution is -0.125. The van der Waals surface area contributed by atoms with E-state index in [1.54, 1.807) is 13.8 Å². The van der Waals surface area contributed by atoms with Crippen molar-refractivity contribution in [2.75, 3.05) is 11.9 Å². The lowest BCUT2D eigenvalue weighted by Crippen LogP contribution is -2.37. The van der Waals surface area contributed by atoms with E-state index in [1.807, 2.05) is 6.07 Å². The molecule has 0 atom stereocenters. The maximum absolute atomic E-state index is 13.8. The number of rotatable bonds is 4. The maximum atomic E-state index is 13.8. The predicted molar refractivity (Wildman–Crippen MR) is 70.3 cm³/mol. The highest BCUT2D eigenvalue weighted by Crippen LogP contribution is 2.27. The van der Waals surface area contributed by atoms with Gasteiger partial charge < -0.3 is 11.1 Å². The minimum Gasteiger partial charge on any atom is -0.382 e. The molecule has 0 radical (unpaired) electrons. The molecule has 18 heavy (non-hydrogen) atoms. The van der Waals surface area contributed by atoms with Crippen molar-refractivity contribution in [3.05, 3.63) is 28.0 Å². The third-order valence-corrected chi connectivity index (χ3v) is 3.37. The van der Waals surface area contributed by atoms with Crippen LogP contribution in [0.15, 0.2) is 16.6 Å². The van der Waals surface area contributed by atoms with Crippen LogP contribution in [0.5, 0.6) is 0 Å². The second-order valence-corrected chi connectivity index (χ2v) is 5.30. The van der Waals surface area contributed by atoms with Gasteiger partial charge in [0.1, 0.15) is 6.07 Å². The third-order valence-electron chi connectivity index (χ3n) is 2.59. The minimum absolute atomic E-state index is 0.104. The smallest absolute Gasteiger partial charge is 0.224 e. The van der Waals surface area contributed by atoms with Crippen LogP contribution in [-0.2, 0) is 4.79 Å². The Balaban J connectivity index is 2.92. The maximum Gasteiger partial charge on any atom is 0.224 e. The number of carbonyl (C=O) groups is 1. The second kappa shape index (κ2) is 5.36. The molecule has 4 nitrogen and oxygen atoms in total. The molecule has 6 heteroatoms. The fourth-order valence-corrected chi connectivity index (χ4v) is 1.61. The summed E-state index contributed by atoms with van der Waals surface area (Å²) in [5.74, 6) is -1.03. The van der Waals surface area contributed by atoms with Crippen LogP contribution in [-0.4, -0.2) is 12.5 Å². The number of hydrogen-bond donors (Lipinski definition) is 2. The van der Waals surface area contributed by atoms with Crippen molar-refractivity contribution in [3.63, 3.8) is 0 Å². The number of carbonyl (C=O) groups excluding carboxylic acids is 1. The van der Waals surface area contributed by atoms with E-state index in [0.717, 1.165) is 0 Å². The van der Waals surface area contributed by atoms with Gasteiger partial charge in [0.25, 0.3) is 0 Å². The summed E-state index contributed by atoms with van der Waals surface area (Å²) in [6.07, 6.45) is 0. The van der Waals surface area contributed by atoms with Crippen LogP contribution in [0.2, 0.25) is 0 Å². The van der Waals surface area contributed by atoms with Crippen LogP contribution >= 0.6 is 15.9 Å². The zero-order chi connectivity index (χ0) is 13.9. The van der Waals surface area contributed by atoms with Crippen LogP contribution in [0.4, 0.5) is 10.1 Å². The summed E-state index contributed by atoms with van der Waals surface area (Å²) in [5, 5.41) is 11.5. The Morgan fingerprint density at radius 3 is 2.72 bits per heavy atom. The van der Waals surface area contributed by atoms with E-state index in [1.165, 1.54) is 12.1 Å². The number of nitrogens with two attached hydrogens (primary N) is 1. The molecule has 0 fully saturated rings. The average molecular weight is 314 g/mol. The molecule has 0 aliphatic carbocycles. The molecule has 0 unspecified atom stereocenters. The number of amides is 1. The molecule has 0 spiro atoms. The highest BCUT2D eigenvalue weighted by atomic mass is 79.9. The summed E-state index contributed by atoms with van der Waals surface area (Å²) in [5.41, 5.74) is 4.87. The van der Waals surface area contributed by atoms with Gasteiger partial charge in [-0.25, -0.2) is 4.39 Å².